The van der Waals surface area contributed by atoms with Crippen molar-refractivity contribution in [1.29, 1.82) is 0 Å². The topological polar surface area (TPSA) is 68.5 Å². The van der Waals surface area contributed by atoms with E-state index in [9.17, 15) is 23.5 Å². The number of halogens is 3. The summed E-state index contributed by atoms with van der Waals surface area (Å²) < 4.78 is 34.2. The third kappa shape index (κ3) is 3.25. The van der Waals surface area contributed by atoms with Gasteiger partial charge in [-0.2, -0.15) is 0 Å². The largest absolute Gasteiger partial charge is 0.487 e. The van der Waals surface area contributed by atoms with Crippen LogP contribution >= 0.6 is 11.6 Å². The number of hydrogen-bond acceptors (Lipinski definition) is 3. The molecule has 0 spiro atoms. The summed E-state index contributed by atoms with van der Waals surface area (Å²) in [4.78, 5) is 24.2. The number of hydrogen-bond donors (Lipinski definition) is 1. The fourth-order valence-electron chi connectivity index (χ4n) is 3.75. The van der Waals surface area contributed by atoms with E-state index in [0.717, 1.165) is 0 Å². The van der Waals surface area contributed by atoms with E-state index in [1.807, 2.05) is 0 Å². The molecule has 1 aromatic heterocycles. The zero-order valence-corrected chi connectivity index (χ0v) is 16.1. The Hall–Kier alpha value is -2.93. The van der Waals surface area contributed by atoms with Gasteiger partial charge in [0.05, 0.1) is 11.4 Å². The Bertz CT molecular complexity index is 1220. The van der Waals surface area contributed by atoms with Crippen molar-refractivity contribution in [3.05, 3.63) is 63.0 Å². The molecule has 0 bridgehead atoms. The number of benzene rings is 2. The minimum absolute atomic E-state index is 0.0670. The summed E-state index contributed by atoms with van der Waals surface area (Å²) >= 11 is 6.54. The maximum absolute atomic E-state index is 13.9. The lowest BCUT2D eigenvalue weighted by Gasteiger charge is -2.27. The highest BCUT2D eigenvalue weighted by molar-refractivity contribution is 6.35. The predicted molar refractivity (Wildman–Crippen MR) is 105 cm³/mol. The van der Waals surface area contributed by atoms with E-state index in [1.54, 1.807) is 36.4 Å². The molecule has 1 aliphatic rings. The zero-order valence-electron chi connectivity index (χ0n) is 15.3. The molecule has 1 N–H and O–H groups in total. The Morgan fingerprint density at radius 3 is 2.62 bits per heavy atom. The van der Waals surface area contributed by atoms with E-state index >= 15 is 0 Å². The summed E-state index contributed by atoms with van der Waals surface area (Å²) in [6.07, 6.45) is -1.00. The van der Waals surface area contributed by atoms with Crippen molar-refractivity contribution in [3.8, 4) is 16.9 Å². The number of alkyl halides is 2. The molecule has 0 saturated carbocycles. The molecule has 2 aromatic carbocycles. The first-order valence-electron chi connectivity index (χ1n) is 8.84. The number of pyridine rings is 1. The molecule has 0 amide bonds. The highest BCUT2D eigenvalue weighted by Gasteiger charge is 2.37. The molecule has 8 heteroatoms. The SMILES string of the molecule is Cn1c(CC(=O)O)c(-c2ccc3c(c2Cl)CC(F)(F)CO3)c2ccccc2c1=O. The molecule has 4 rings (SSSR count). The minimum Gasteiger partial charge on any atom is -0.487 e. The fourth-order valence-corrected chi connectivity index (χ4v) is 4.07. The van der Waals surface area contributed by atoms with E-state index in [-0.39, 0.29) is 27.6 Å². The summed E-state index contributed by atoms with van der Waals surface area (Å²) in [5.41, 5.74) is 0.886. The highest BCUT2D eigenvalue weighted by atomic mass is 35.5. The smallest absolute Gasteiger partial charge is 0.309 e. The molecule has 0 atom stereocenters. The molecule has 150 valence electrons. The number of carbonyl (C=O) groups is 1. The van der Waals surface area contributed by atoms with Gasteiger partial charge < -0.3 is 14.4 Å². The lowest BCUT2D eigenvalue weighted by Crippen LogP contribution is -2.32. The quantitative estimate of drug-likeness (QED) is 0.695. The van der Waals surface area contributed by atoms with Gasteiger partial charge in [-0.05, 0) is 23.6 Å². The van der Waals surface area contributed by atoms with Crippen molar-refractivity contribution >= 4 is 28.3 Å². The molecule has 0 fully saturated rings. The summed E-state index contributed by atoms with van der Waals surface area (Å²) in [5.74, 6) is -3.90. The van der Waals surface area contributed by atoms with Gasteiger partial charge in [0.15, 0.2) is 6.61 Å². The van der Waals surface area contributed by atoms with Gasteiger partial charge in [0.25, 0.3) is 11.5 Å². The molecule has 0 radical (unpaired) electrons. The summed E-state index contributed by atoms with van der Waals surface area (Å²) in [6.45, 7) is -0.720. The van der Waals surface area contributed by atoms with Crippen LogP contribution in [0.15, 0.2) is 41.2 Å². The molecule has 0 aliphatic carbocycles. The molecule has 5 nitrogen and oxygen atoms in total. The standard InChI is InChI=1S/C21H16ClF2NO4/c1-25-15(8-17(26)27)18(11-4-2-3-5-12(11)20(25)28)13-6-7-16-14(19(13)22)9-21(23,24)10-29-16/h2-7H,8-10H2,1H3,(H,26,27). The van der Waals surface area contributed by atoms with Crippen molar-refractivity contribution in [2.75, 3.05) is 6.61 Å². The zero-order chi connectivity index (χ0) is 20.9. The van der Waals surface area contributed by atoms with Crippen LogP contribution in [0, 0.1) is 0 Å². The Morgan fingerprint density at radius 1 is 1.24 bits per heavy atom. The molecular formula is C21H16ClF2NO4. The Kier molecular flexibility index (Phi) is 4.58. The van der Waals surface area contributed by atoms with E-state index < -0.39 is 31.3 Å². The van der Waals surface area contributed by atoms with Crippen molar-refractivity contribution in [1.82, 2.24) is 4.57 Å². The fraction of sp³-hybridized carbons (Fsp3) is 0.238. The van der Waals surface area contributed by atoms with Crippen molar-refractivity contribution in [3.63, 3.8) is 0 Å². The lowest BCUT2D eigenvalue weighted by molar-refractivity contribution is -0.136. The summed E-state index contributed by atoms with van der Waals surface area (Å²) in [5, 5.41) is 10.4. The van der Waals surface area contributed by atoms with Crippen LogP contribution in [-0.2, 0) is 24.7 Å². The van der Waals surface area contributed by atoms with Crippen LogP contribution in [0.2, 0.25) is 5.02 Å². The van der Waals surface area contributed by atoms with Crippen LogP contribution in [0.1, 0.15) is 11.3 Å². The van der Waals surface area contributed by atoms with E-state index in [0.29, 0.717) is 21.9 Å². The van der Waals surface area contributed by atoms with Gasteiger partial charge in [0.2, 0.25) is 0 Å². The second-order valence-corrected chi connectivity index (χ2v) is 7.41. The first kappa shape index (κ1) is 19.4. The first-order valence-corrected chi connectivity index (χ1v) is 9.22. The van der Waals surface area contributed by atoms with Gasteiger partial charge in [-0.15, -0.1) is 0 Å². The molecule has 0 saturated heterocycles. The van der Waals surface area contributed by atoms with Gasteiger partial charge >= 0.3 is 5.97 Å². The van der Waals surface area contributed by atoms with Crippen LogP contribution < -0.4 is 10.3 Å². The number of carboxylic acids is 1. The molecule has 2 heterocycles. The van der Waals surface area contributed by atoms with Gasteiger partial charge in [0, 0.05) is 41.2 Å². The predicted octanol–water partition coefficient (Wildman–Crippen LogP) is 4.06. The molecule has 1 aliphatic heterocycles. The monoisotopic (exact) mass is 419 g/mol. The van der Waals surface area contributed by atoms with E-state index in [1.165, 1.54) is 11.6 Å². The van der Waals surface area contributed by atoms with E-state index in [4.69, 9.17) is 16.3 Å². The van der Waals surface area contributed by atoms with Gasteiger partial charge in [0.1, 0.15) is 5.75 Å². The Balaban J connectivity index is 2.08. The van der Waals surface area contributed by atoms with Crippen LogP contribution in [0.25, 0.3) is 21.9 Å². The second-order valence-electron chi connectivity index (χ2n) is 7.03. The number of carboxylic acid groups (broad SMARTS) is 1. The third-order valence-corrected chi connectivity index (χ3v) is 5.52. The molecule has 3 aromatic rings. The summed E-state index contributed by atoms with van der Waals surface area (Å²) in [6, 6.07) is 9.92. The van der Waals surface area contributed by atoms with Crippen LogP contribution in [0.5, 0.6) is 5.75 Å². The molecular weight excluding hydrogens is 404 g/mol. The van der Waals surface area contributed by atoms with Gasteiger partial charge in [-0.25, -0.2) is 8.78 Å². The maximum Gasteiger partial charge on any atom is 0.309 e. The van der Waals surface area contributed by atoms with Gasteiger partial charge in [-0.3, -0.25) is 9.59 Å². The van der Waals surface area contributed by atoms with Crippen molar-refractivity contribution in [2.45, 2.75) is 18.8 Å². The van der Waals surface area contributed by atoms with E-state index in [2.05, 4.69) is 0 Å². The first-order chi connectivity index (χ1) is 13.7. The highest BCUT2D eigenvalue weighted by Crippen LogP contribution is 2.44. The van der Waals surface area contributed by atoms with Crippen LogP contribution in [-0.4, -0.2) is 28.2 Å². The second kappa shape index (κ2) is 6.84. The van der Waals surface area contributed by atoms with Crippen LogP contribution in [0.4, 0.5) is 8.78 Å². The van der Waals surface area contributed by atoms with Crippen LogP contribution in [0.3, 0.4) is 0 Å². The minimum atomic E-state index is -3.05. The van der Waals surface area contributed by atoms with Crippen molar-refractivity contribution in [2.24, 2.45) is 7.05 Å². The normalized spacial score (nSPS) is 15.0. The molecule has 0 unspecified atom stereocenters. The van der Waals surface area contributed by atoms with Crippen molar-refractivity contribution < 1.29 is 23.4 Å². The number of aromatic nitrogens is 1. The molecule has 29 heavy (non-hydrogen) atoms. The Labute approximate surface area is 169 Å². The number of rotatable bonds is 3. The van der Waals surface area contributed by atoms with Gasteiger partial charge in [-0.1, -0.05) is 29.8 Å². The average molecular weight is 420 g/mol. The number of nitrogens with zero attached hydrogens (tertiary/aromatic N) is 1. The average Bonchev–Trinajstić information content (AvgIpc) is 2.67. The Morgan fingerprint density at radius 2 is 1.93 bits per heavy atom. The maximum atomic E-state index is 13.9. The summed E-state index contributed by atoms with van der Waals surface area (Å²) in [7, 11) is 1.49. The number of aliphatic carboxylic acids is 1. The third-order valence-electron chi connectivity index (χ3n) is 5.09. The number of ether oxygens (including phenoxy) is 1. The lowest BCUT2D eigenvalue weighted by atomic mass is 9.92. The number of fused-ring (bicyclic) bond motifs is 2.